The van der Waals surface area contributed by atoms with E-state index in [2.05, 4.69) is 5.32 Å². The van der Waals surface area contributed by atoms with Crippen LogP contribution in [-0.2, 0) is 15.0 Å². The van der Waals surface area contributed by atoms with Crippen molar-refractivity contribution in [2.45, 2.75) is 12.3 Å². The molecule has 1 atom stereocenters. The maximum atomic E-state index is 11.5. The van der Waals surface area contributed by atoms with Crippen LogP contribution in [0.1, 0.15) is 12.5 Å². The summed E-state index contributed by atoms with van der Waals surface area (Å²) in [5.74, 6) is -1.61. The van der Waals surface area contributed by atoms with Crippen LogP contribution in [0.4, 0.5) is 5.69 Å². The first kappa shape index (κ1) is 8.74. The molecule has 0 saturated carbocycles. The van der Waals surface area contributed by atoms with Gasteiger partial charge >= 0.3 is 5.97 Å². The van der Waals surface area contributed by atoms with Crippen LogP contribution in [0.5, 0.6) is 0 Å². The van der Waals surface area contributed by atoms with Gasteiger partial charge in [-0.3, -0.25) is 9.59 Å². The Morgan fingerprint density at radius 2 is 2.07 bits per heavy atom. The molecule has 1 aromatic rings. The fourth-order valence-corrected chi connectivity index (χ4v) is 1.61. The van der Waals surface area contributed by atoms with Crippen LogP contribution in [0, 0.1) is 0 Å². The highest BCUT2D eigenvalue weighted by molar-refractivity contribution is 6.18. The average Bonchev–Trinajstić information content (AvgIpc) is 2.41. The standard InChI is InChI=1S/C10H9NO3/c1-10(9(13)14)6-4-2-3-5-7(6)11-8(10)12/h2-5H,1H3,(H,11,12)(H,13,14). The van der Waals surface area contributed by atoms with Gasteiger partial charge in [0.25, 0.3) is 0 Å². The summed E-state index contributed by atoms with van der Waals surface area (Å²) in [6.07, 6.45) is 0. The second kappa shape index (κ2) is 2.57. The first-order valence-electron chi connectivity index (χ1n) is 4.21. The number of carbonyl (C=O) groups is 2. The summed E-state index contributed by atoms with van der Waals surface area (Å²) in [7, 11) is 0. The molecule has 1 aliphatic heterocycles. The lowest BCUT2D eigenvalue weighted by Crippen LogP contribution is -2.39. The smallest absolute Gasteiger partial charge is 0.323 e. The van der Waals surface area contributed by atoms with E-state index in [0.717, 1.165) is 0 Å². The number of para-hydroxylation sites is 1. The third-order valence-electron chi connectivity index (χ3n) is 2.60. The zero-order valence-electron chi connectivity index (χ0n) is 7.57. The molecule has 0 aromatic heterocycles. The van der Waals surface area contributed by atoms with Crippen LogP contribution < -0.4 is 5.32 Å². The van der Waals surface area contributed by atoms with Gasteiger partial charge in [-0.1, -0.05) is 18.2 Å². The number of rotatable bonds is 1. The molecule has 1 amide bonds. The van der Waals surface area contributed by atoms with Crippen molar-refractivity contribution >= 4 is 17.6 Å². The fraction of sp³-hybridized carbons (Fsp3) is 0.200. The summed E-state index contributed by atoms with van der Waals surface area (Å²) in [6, 6.07) is 6.83. The lowest BCUT2D eigenvalue weighted by atomic mass is 9.84. The molecule has 0 aliphatic carbocycles. The summed E-state index contributed by atoms with van der Waals surface area (Å²) in [5, 5.41) is 11.6. The molecule has 4 nitrogen and oxygen atoms in total. The van der Waals surface area contributed by atoms with Crippen molar-refractivity contribution in [1.29, 1.82) is 0 Å². The molecule has 72 valence electrons. The van der Waals surface area contributed by atoms with Crippen molar-refractivity contribution in [2.24, 2.45) is 0 Å². The van der Waals surface area contributed by atoms with Crippen LogP contribution in [0.25, 0.3) is 0 Å². The number of carboxylic acid groups (broad SMARTS) is 1. The maximum Gasteiger partial charge on any atom is 0.323 e. The lowest BCUT2D eigenvalue weighted by Gasteiger charge is -2.15. The van der Waals surface area contributed by atoms with Gasteiger partial charge in [0.05, 0.1) is 0 Å². The normalized spacial score (nSPS) is 24.2. The summed E-state index contributed by atoms with van der Waals surface area (Å²) in [4.78, 5) is 22.5. The Balaban J connectivity index is 2.66. The monoisotopic (exact) mass is 191 g/mol. The van der Waals surface area contributed by atoms with Gasteiger partial charge < -0.3 is 10.4 Å². The van der Waals surface area contributed by atoms with Gasteiger partial charge in [0, 0.05) is 11.3 Å². The number of carbonyl (C=O) groups excluding carboxylic acids is 1. The van der Waals surface area contributed by atoms with E-state index in [9.17, 15) is 9.59 Å². The van der Waals surface area contributed by atoms with Crippen LogP contribution in [-0.4, -0.2) is 17.0 Å². The second-order valence-corrected chi connectivity index (χ2v) is 3.43. The quantitative estimate of drug-likeness (QED) is 0.650. The van der Waals surface area contributed by atoms with Gasteiger partial charge in [-0.2, -0.15) is 0 Å². The van der Waals surface area contributed by atoms with Gasteiger partial charge in [-0.25, -0.2) is 0 Å². The van der Waals surface area contributed by atoms with Crippen molar-refractivity contribution in [3.8, 4) is 0 Å². The van der Waals surface area contributed by atoms with Crippen LogP contribution >= 0.6 is 0 Å². The van der Waals surface area contributed by atoms with Crippen molar-refractivity contribution in [3.05, 3.63) is 29.8 Å². The summed E-state index contributed by atoms with van der Waals surface area (Å²) in [5.41, 5.74) is -0.337. The minimum absolute atomic E-state index is 0.480. The molecular formula is C10H9NO3. The highest BCUT2D eigenvalue weighted by atomic mass is 16.4. The minimum atomic E-state index is -1.45. The van der Waals surface area contributed by atoms with Gasteiger partial charge in [-0.05, 0) is 13.0 Å². The Bertz CT molecular complexity index is 427. The predicted molar refractivity (Wildman–Crippen MR) is 50.1 cm³/mol. The summed E-state index contributed by atoms with van der Waals surface area (Å²) in [6.45, 7) is 1.41. The lowest BCUT2D eigenvalue weighted by molar-refractivity contribution is -0.146. The van der Waals surface area contributed by atoms with E-state index >= 15 is 0 Å². The Kier molecular flexibility index (Phi) is 1.61. The summed E-state index contributed by atoms with van der Waals surface area (Å²) < 4.78 is 0. The van der Waals surface area contributed by atoms with E-state index in [0.29, 0.717) is 11.3 Å². The molecule has 1 aromatic carbocycles. The van der Waals surface area contributed by atoms with E-state index in [1.807, 2.05) is 0 Å². The Hall–Kier alpha value is -1.84. The minimum Gasteiger partial charge on any atom is -0.480 e. The Morgan fingerprint density at radius 1 is 1.43 bits per heavy atom. The molecule has 14 heavy (non-hydrogen) atoms. The van der Waals surface area contributed by atoms with Crippen LogP contribution in [0.3, 0.4) is 0 Å². The SMILES string of the molecule is CC1(C(=O)O)C(=O)Nc2ccccc21. The van der Waals surface area contributed by atoms with E-state index < -0.39 is 17.3 Å². The highest BCUT2D eigenvalue weighted by Crippen LogP contribution is 2.37. The number of carboxylic acids is 1. The van der Waals surface area contributed by atoms with E-state index in [-0.39, 0.29) is 0 Å². The van der Waals surface area contributed by atoms with Crippen molar-refractivity contribution in [1.82, 2.24) is 0 Å². The number of benzene rings is 1. The zero-order chi connectivity index (χ0) is 10.3. The number of anilines is 1. The molecule has 2 rings (SSSR count). The van der Waals surface area contributed by atoms with Crippen LogP contribution in [0.2, 0.25) is 0 Å². The molecule has 0 saturated heterocycles. The average molecular weight is 191 g/mol. The van der Waals surface area contributed by atoms with E-state index in [1.54, 1.807) is 24.3 Å². The highest BCUT2D eigenvalue weighted by Gasteiger charge is 2.49. The molecule has 1 heterocycles. The van der Waals surface area contributed by atoms with Gasteiger partial charge in [-0.15, -0.1) is 0 Å². The van der Waals surface area contributed by atoms with Gasteiger partial charge in [0.1, 0.15) is 0 Å². The molecule has 1 aliphatic rings. The van der Waals surface area contributed by atoms with E-state index in [1.165, 1.54) is 6.92 Å². The van der Waals surface area contributed by atoms with Crippen LogP contribution in [0.15, 0.2) is 24.3 Å². The predicted octanol–water partition coefficient (Wildman–Crippen LogP) is 0.981. The number of amides is 1. The molecule has 2 N–H and O–H groups in total. The zero-order valence-corrected chi connectivity index (χ0v) is 7.57. The molecule has 0 fully saturated rings. The molecule has 1 unspecified atom stereocenters. The third kappa shape index (κ3) is 0.878. The molecule has 0 bridgehead atoms. The fourth-order valence-electron chi connectivity index (χ4n) is 1.61. The molecule has 0 spiro atoms. The third-order valence-corrected chi connectivity index (χ3v) is 2.60. The Labute approximate surface area is 80.6 Å². The van der Waals surface area contributed by atoms with Gasteiger partial charge in [0.15, 0.2) is 5.41 Å². The number of hydrogen-bond donors (Lipinski definition) is 2. The Morgan fingerprint density at radius 3 is 2.71 bits per heavy atom. The number of fused-ring (bicyclic) bond motifs is 1. The van der Waals surface area contributed by atoms with E-state index in [4.69, 9.17) is 5.11 Å². The van der Waals surface area contributed by atoms with Crippen molar-refractivity contribution in [3.63, 3.8) is 0 Å². The number of nitrogens with one attached hydrogen (secondary N) is 1. The first-order valence-corrected chi connectivity index (χ1v) is 4.21. The first-order chi connectivity index (χ1) is 6.56. The van der Waals surface area contributed by atoms with Crippen molar-refractivity contribution < 1.29 is 14.7 Å². The molecule has 0 radical (unpaired) electrons. The molecule has 4 heteroatoms. The second-order valence-electron chi connectivity index (χ2n) is 3.43. The number of hydrogen-bond acceptors (Lipinski definition) is 2. The summed E-state index contributed by atoms with van der Waals surface area (Å²) >= 11 is 0. The largest absolute Gasteiger partial charge is 0.480 e. The topological polar surface area (TPSA) is 66.4 Å². The number of aliphatic carboxylic acids is 1. The maximum absolute atomic E-state index is 11.5. The van der Waals surface area contributed by atoms with Crippen molar-refractivity contribution in [2.75, 3.05) is 5.32 Å². The molecular weight excluding hydrogens is 182 g/mol. The van der Waals surface area contributed by atoms with Gasteiger partial charge in [0.2, 0.25) is 5.91 Å².